The Morgan fingerprint density at radius 3 is 2.79 bits per heavy atom. The zero-order valence-electron chi connectivity index (χ0n) is 18.5. The first-order chi connectivity index (χ1) is 16.5. The lowest BCUT2D eigenvalue weighted by atomic mass is 10.0. The number of hydrogen-bond acceptors (Lipinski definition) is 5. The molecule has 0 bridgehead atoms. The molecule has 0 unspecified atom stereocenters. The first-order valence-electron chi connectivity index (χ1n) is 10.9. The number of hydrogen-bond donors (Lipinski definition) is 2. The highest BCUT2D eigenvalue weighted by Crippen LogP contribution is 2.34. The zero-order valence-corrected chi connectivity index (χ0v) is 19.3. The van der Waals surface area contributed by atoms with E-state index in [2.05, 4.69) is 20.6 Å². The van der Waals surface area contributed by atoms with Crippen LogP contribution in [0.15, 0.2) is 66.9 Å². The van der Waals surface area contributed by atoms with Crippen LogP contribution in [-0.2, 0) is 4.79 Å². The van der Waals surface area contributed by atoms with Gasteiger partial charge in [0, 0.05) is 35.9 Å². The van der Waals surface area contributed by atoms with Gasteiger partial charge in [0.15, 0.2) is 0 Å². The molecular formula is C26H22ClN5O2. The van der Waals surface area contributed by atoms with Crippen LogP contribution >= 0.6 is 11.6 Å². The number of carbonyl (C=O) groups is 2. The van der Waals surface area contributed by atoms with E-state index >= 15 is 0 Å². The van der Waals surface area contributed by atoms with Crippen LogP contribution < -0.4 is 15.5 Å². The molecule has 3 heterocycles. The minimum absolute atomic E-state index is 0.0354. The van der Waals surface area contributed by atoms with Gasteiger partial charge in [0.2, 0.25) is 5.91 Å². The van der Waals surface area contributed by atoms with E-state index in [4.69, 9.17) is 11.6 Å². The van der Waals surface area contributed by atoms with Crippen LogP contribution in [0.1, 0.15) is 16.1 Å². The maximum atomic E-state index is 13.0. The predicted molar refractivity (Wildman–Crippen MR) is 134 cm³/mol. The van der Waals surface area contributed by atoms with Crippen LogP contribution in [0, 0.1) is 6.92 Å². The van der Waals surface area contributed by atoms with Gasteiger partial charge in [-0.3, -0.25) is 14.6 Å². The van der Waals surface area contributed by atoms with Gasteiger partial charge in [0.05, 0.1) is 28.5 Å². The van der Waals surface area contributed by atoms with Crippen molar-refractivity contribution in [1.82, 2.24) is 15.3 Å². The Kier molecular flexibility index (Phi) is 5.86. The van der Waals surface area contributed by atoms with Gasteiger partial charge in [0.1, 0.15) is 5.82 Å². The fourth-order valence-electron chi connectivity index (χ4n) is 4.12. The molecule has 1 fully saturated rings. The van der Waals surface area contributed by atoms with Gasteiger partial charge < -0.3 is 15.5 Å². The number of amides is 2. The second kappa shape index (κ2) is 9.11. The standard InChI is InChI=1S/C26H22ClN5O2/c1-16-19(7-9-23(30-16)32-13-12-28-24(33)15-32)26(34)31-18-6-8-22(27)21(14-18)25-20-5-3-2-4-17(20)10-11-29-25/h2-11,14H,12-13,15H2,1H3,(H,28,33)(H,31,34). The SMILES string of the molecule is Cc1nc(N2CCNC(=O)C2)ccc1C(=O)Nc1ccc(Cl)c(-c2nccc3ccccc23)c1. The summed E-state index contributed by atoms with van der Waals surface area (Å²) in [6, 6.07) is 18.8. The molecule has 2 aromatic heterocycles. The number of benzene rings is 2. The Morgan fingerprint density at radius 2 is 1.97 bits per heavy atom. The van der Waals surface area contributed by atoms with Crippen LogP contribution in [0.4, 0.5) is 11.5 Å². The largest absolute Gasteiger partial charge is 0.353 e. The zero-order chi connectivity index (χ0) is 23.7. The number of halogens is 1. The summed E-state index contributed by atoms with van der Waals surface area (Å²) in [5.74, 6) is 0.374. The molecule has 2 N–H and O–H groups in total. The van der Waals surface area contributed by atoms with Crippen LogP contribution in [0.25, 0.3) is 22.0 Å². The number of anilines is 2. The number of aryl methyl sites for hydroxylation is 1. The first-order valence-corrected chi connectivity index (χ1v) is 11.3. The molecule has 1 aliphatic heterocycles. The summed E-state index contributed by atoms with van der Waals surface area (Å²) in [5.41, 5.74) is 3.16. The van der Waals surface area contributed by atoms with Crippen molar-refractivity contribution in [3.63, 3.8) is 0 Å². The molecule has 5 rings (SSSR count). The lowest BCUT2D eigenvalue weighted by Gasteiger charge is -2.28. The summed E-state index contributed by atoms with van der Waals surface area (Å²) < 4.78 is 0. The van der Waals surface area contributed by atoms with Crippen molar-refractivity contribution in [3.8, 4) is 11.3 Å². The molecule has 2 aromatic carbocycles. The number of carbonyl (C=O) groups excluding carboxylic acids is 2. The molecular weight excluding hydrogens is 450 g/mol. The van der Waals surface area contributed by atoms with Crippen LogP contribution in [0.5, 0.6) is 0 Å². The number of fused-ring (bicyclic) bond motifs is 1. The number of piperazine rings is 1. The molecule has 34 heavy (non-hydrogen) atoms. The Morgan fingerprint density at radius 1 is 1.12 bits per heavy atom. The Labute approximate surface area is 201 Å². The lowest BCUT2D eigenvalue weighted by Crippen LogP contribution is -2.48. The smallest absolute Gasteiger partial charge is 0.257 e. The molecule has 1 aliphatic rings. The molecule has 1 saturated heterocycles. The van der Waals surface area contributed by atoms with Crippen molar-refractivity contribution in [2.75, 3.05) is 29.9 Å². The van der Waals surface area contributed by atoms with Crippen LogP contribution in [-0.4, -0.2) is 41.4 Å². The Balaban J connectivity index is 1.41. The van der Waals surface area contributed by atoms with Crippen molar-refractivity contribution in [2.45, 2.75) is 6.92 Å². The average molecular weight is 472 g/mol. The number of nitrogens with one attached hydrogen (secondary N) is 2. The highest BCUT2D eigenvalue weighted by atomic mass is 35.5. The topological polar surface area (TPSA) is 87.2 Å². The van der Waals surface area contributed by atoms with Gasteiger partial charge in [-0.25, -0.2) is 4.98 Å². The normalized spacial score (nSPS) is 13.6. The minimum atomic E-state index is -0.271. The van der Waals surface area contributed by atoms with E-state index in [0.717, 1.165) is 22.0 Å². The molecule has 0 radical (unpaired) electrons. The molecule has 2 amide bonds. The third-order valence-electron chi connectivity index (χ3n) is 5.83. The number of rotatable bonds is 4. The monoisotopic (exact) mass is 471 g/mol. The second-order valence-corrected chi connectivity index (χ2v) is 8.51. The molecule has 8 heteroatoms. The van der Waals surface area contributed by atoms with Crippen molar-refractivity contribution in [1.29, 1.82) is 0 Å². The average Bonchev–Trinajstić information content (AvgIpc) is 2.85. The fourth-order valence-corrected chi connectivity index (χ4v) is 4.32. The summed E-state index contributed by atoms with van der Waals surface area (Å²) in [7, 11) is 0. The number of nitrogens with zero attached hydrogens (tertiary/aromatic N) is 3. The molecule has 170 valence electrons. The predicted octanol–water partition coefficient (Wildman–Crippen LogP) is 4.45. The summed E-state index contributed by atoms with van der Waals surface area (Å²) in [5, 5.41) is 8.34. The quantitative estimate of drug-likeness (QED) is 0.459. The summed E-state index contributed by atoms with van der Waals surface area (Å²) in [6.45, 7) is 3.30. The van der Waals surface area contributed by atoms with Crippen molar-refractivity contribution < 1.29 is 9.59 Å². The van der Waals surface area contributed by atoms with E-state index < -0.39 is 0 Å². The van der Waals surface area contributed by atoms with Gasteiger partial charge in [0.25, 0.3) is 5.91 Å². The number of aromatic nitrogens is 2. The maximum Gasteiger partial charge on any atom is 0.257 e. The number of pyridine rings is 2. The highest BCUT2D eigenvalue weighted by Gasteiger charge is 2.19. The minimum Gasteiger partial charge on any atom is -0.353 e. The van der Waals surface area contributed by atoms with E-state index in [-0.39, 0.29) is 18.4 Å². The lowest BCUT2D eigenvalue weighted by molar-refractivity contribution is -0.120. The fraction of sp³-hybridized carbons (Fsp3) is 0.154. The Hall–Kier alpha value is -3.97. The first kappa shape index (κ1) is 21.9. The molecule has 0 spiro atoms. The van der Waals surface area contributed by atoms with Crippen LogP contribution in [0.2, 0.25) is 5.02 Å². The molecule has 4 aromatic rings. The van der Waals surface area contributed by atoms with E-state index in [1.54, 1.807) is 37.4 Å². The van der Waals surface area contributed by atoms with E-state index in [1.807, 2.05) is 41.3 Å². The van der Waals surface area contributed by atoms with Gasteiger partial charge >= 0.3 is 0 Å². The third-order valence-corrected chi connectivity index (χ3v) is 6.16. The van der Waals surface area contributed by atoms with Gasteiger partial charge in [-0.2, -0.15) is 0 Å². The molecule has 0 atom stereocenters. The third kappa shape index (κ3) is 4.30. The van der Waals surface area contributed by atoms with E-state index in [1.165, 1.54) is 0 Å². The summed E-state index contributed by atoms with van der Waals surface area (Å²) >= 11 is 6.52. The maximum absolute atomic E-state index is 13.0. The van der Waals surface area contributed by atoms with Gasteiger partial charge in [-0.05, 0) is 48.7 Å². The summed E-state index contributed by atoms with van der Waals surface area (Å²) in [4.78, 5) is 35.7. The molecule has 0 aliphatic carbocycles. The van der Waals surface area contributed by atoms with Crippen molar-refractivity contribution >= 4 is 45.7 Å². The second-order valence-electron chi connectivity index (χ2n) is 8.10. The van der Waals surface area contributed by atoms with Crippen molar-refractivity contribution in [2.24, 2.45) is 0 Å². The molecule has 7 nitrogen and oxygen atoms in total. The molecule has 0 saturated carbocycles. The Bertz CT molecular complexity index is 1420. The summed E-state index contributed by atoms with van der Waals surface area (Å²) in [6.07, 6.45) is 1.75. The van der Waals surface area contributed by atoms with E-state index in [0.29, 0.717) is 40.9 Å². The van der Waals surface area contributed by atoms with Crippen LogP contribution in [0.3, 0.4) is 0 Å². The highest BCUT2D eigenvalue weighted by molar-refractivity contribution is 6.33. The van der Waals surface area contributed by atoms with Gasteiger partial charge in [-0.1, -0.05) is 35.9 Å². The van der Waals surface area contributed by atoms with Crippen molar-refractivity contribution in [3.05, 3.63) is 83.1 Å². The van der Waals surface area contributed by atoms with E-state index in [9.17, 15) is 9.59 Å². The van der Waals surface area contributed by atoms with Gasteiger partial charge in [-0.15, -0.1) is 0 Å².